The van der Waals surface area contributed by atoms with Crippen LogP contribution in [0.25, 0.3) is 0 Å². The van der Waals surface area contributed by atoms with Crippen LogP contribution in [0.1, 0.15) is 32.6 Å². The fourth-order valence-electron chi connectivity index (χ4n) is 2.87. The van der Waals surface area contributed by atoms with Crippen molar-refractivity contribution in [1.29, 1.82) is 0 Å². The minimum atomic E-state index is -0.817. The molecule has 0 aliphatic carbocycles. The summed E-state index contributed by atoms with van der Waals surface area (Å²) in [7, 11) is 0. The number of carboxylic acid groups (broad SMARTS) is 1. The predicted molar refractivity (Wildman–Crippen MR) is 68.9 cm³/mol. The van der Waals surface area contributed by atoms with Crippen LogP contribution in [-0.4, -0.2) is 53.8 Å². The van der Waals surface area contributed by atoms with E-state index in [2.05, 4.69) is 5.32 Å². The minimum Gasteiger partial charge on any atom is -0.481 e. The summed E-state index contributed by atoms with van der Waals surface area (Å²) in [6.07, 6.45) is 3.80. The lowest BCUT2D eigenvalue weighted by Gasteiger charge is -2.23. The molecule has 2 N–H and O–H groups in total. The average molecular weight is 270 g/mol. The Labute approximate surface area is 113 Å². The quantitative estimate of drug-likeness (QED) is 0.800. The standard InChI is InChI=1S/C13H22N2O4/c1-9-11(12(16)17)5-7-15(9)13(18)14-6-4-10-3-2-8-19-10/h9-11H,2-8H2,1H3,(H,14,18)(H,16,17). The molecule has 0 spiro atoms. The summed E-state index contributed by atoms with van der Waals surface area (Å²) < 4.78 is 5.49. The van der Waals surface area contributed by atoms with Gasteiger partial charge in [0.15, 0.2) is 0 Å². The number of nitrogens with one attached hydrogen (secondary N) is 1. The number of ether oxygens (including phenoxy) is 1. The Kier molecular flexibility index (Phi) is 4.63. The third-order valence-corrected chi connectivity index (χ3v) is 4.10. The molecular weight excluding hydrogens is 248 g/mol. The number of aliphatic carboxylic acids is 1. The molecule has 2 rings (SSSR count). The van der Waals surface area contributed by atoms with Gasteiger partial charge in [0.1, 0.15) is 0 Å². The largest absolute Gasteiger partial charge is 0.481 e. The Morgan fingerprint density at radius 2 is 2.21 bits per heavy atom. The van der Waals surface area contributed by atoms with Crippen molar-refractivity contribution in [3.8, 4) is 0 Å². The van der Waals surface area contributed by atoms with Crippen molar-refractivity contribution in [2.24, 2.45) is 5.92 Å². The molecule has 0 bridgehead atoms. The lowest BCUT2D eigenvalue weighted by atomic mass is 10.0. The first-order valence-corrected chi connectivity index (χ1v) is 6.98. The zero-order valence-electron chi connectivity index (χ0n) is 11.3. The summed E-state index contributed by atoms with van der Waals surface area (Å²) >= 11 is 0. The van der Waals surface area contributed by atoms with Crippen LogP contribution in [0.5, 0.6) is 0 Å². The number of hydrogen-bond acceptors (Lipinski definition) is 3. The molecule has 0 saturated carbocycles. The number of hydrogen-bond donors (Lipinski definition) is 2. The summed E-state index contributed by atoms with van der Waals surface area (Å²) in [6, 6.07) is -0.394. The highest BCUT2D eigenvalue weighted by atomic mass is 16.5. The molecule has 6 nitrogen and oxygen atoms in total. The molecule has 0 radical (unpaired) electrons. The van der Waals surface area contributed by atoms with Gasteiger partial charge in [-0.25, -0.2) is 4.79 Å². The van der Waals surface area contributed by atoms with Crippen molar-refractivity contribution in [3.05, 3.63) is 0 Å². The third kappa shape index (κ3) is 3.37. The van der Waals surface area contributed by atoms with E-state index in [9.17, 15) is 9.59 Å². The van der Waals surface area contributed by atoms with E-state index in [1.54, 1.807) is 11.8 Å². The van der Waals surface area contributed by atoms with E-state index < -0.39 is 11.9 Å². The van der Waals surface area contributed by atoms with E-state index >= 15 is 0 Å². The van der Waals surface area contributed by atoms with Gasteiger partial charge in [-0.15, -0.1) is 0 Å². The highest BCUT2D eigenvalue weighted by molar-refractivity contribution is 5.78. The number of urea groups is 1. The first kappa shape index (κ1) is 14.1. The predicted octanol–water partition coefficient (Wildman–Crippen LogP) is 1.06. The molecule has 2 heterocycles. The zero-order valence-corrected chi connectivity index (χ0v) is 11.3. The average Bonchev–Trinajstić information content (AvgIpc) is 2.98. The molecule has 6 heteroatoms. The number of nitrogens with zero attached hydrogens (tertiary/aromatic N) is 1. The van der Waals surface area contributed by atoms with Crippen molar-refractivity contribution >= 4 is 12.0 Å². The topological polar surface area (TPSA) is 78.9 Å². The van der Waals surface area contributed by atoms with Gasteiger partial charge in [0.25, 0.3) is 0 Å². The molecule has 2 fully saturated rings. The van der Waals surface area contributed by atoms with E-state index in [0.29, 0.717) is 19.5 Å². The van der Waals surface area contributed by atoms with Gasteiger partial charge in [0, 0.05) is 25.7 Å². The normalized spacial score (nSPS) is 30.6. The molecule has 0 aromatic carbocycles. The zero-order chi connectivity index (χ0) is 13.8. The monoisotopic (exact) mass is 270 g/mol. The highest BCUT2D eigenvalue weighted by Gasteiger charge is 2.37. The molecule has 108 valence electrons. The summed E-state index contributed by atoms with van der Waals surface area (Å²) in [5, 5.41) is 11.9. The van der Waals surface area contributed by atoms with E-state index in [0.717, 1.165) is 25.9 Å². The smallest absolute Gasteiger partial charge is 0.317 e. The summed E-state index contributed by atoms with van der Waals surface area (Å²) in [6.45, 7) is 3.72. The van der Waals surface area contributed by atoms with Crippen molar-refractivity contribution in [3.63, 3.8) is 0 Å². The lowest BCUT2D eigenvalue weighted by Crippen LogP contribution is -2.44. The maximum atomic E-state index is 12.0. The van der Waals surface area contributed by atoms with Crippen LogP contribution in [0.2, 0.25) is 0 Å². The van der Waals surface area contributed by atoms with Crippen molar-refractivity contribution in [1.82, 2.24) is 10.2 Å². The van der Waals surface area contributed by atoms with Gasteiger partial charge in [0.05, 0.1) is 12.0 Å². The Balaban J connectivity index is 1.72. The van der Waals surface area contributed by atoms with Gasteiger partial charge in [-0.05, 0) is 32.6 Å². The van der Waals surface area contributed by atoms with Crippen LogP contribution in [0.4, 0.5) is 4.79 Å². The Bertz CT molecular complexity index is 342. The number of likely N-dealkylation sites (tertiary alicyclic amines) is 1. The molecule has 2 aliphatic rings. The second-order valence-corrected chi connectivity index (χ2v) is 5.32. The molecule has 3 unspecified atom stereocenters. The molecule has 2 aliphatic heterocycles. The third-order valence-electron chi connectivity index (χ3n) is 4.10. The second-order valence-electron chi connectivity index (χ2n) is 5.32. The summed E-state index contributed by atoms with van der Waals surface area (Å²) in [5.74, 6) is -1.26. The second kappa shape index (κ2) is 6.23. The van der Waals surface area contributed by atoms with Gasteiger partial charge in [-0.3, -0.25) is 4.79 Å². The molecule has 0 aromatic rings. The Morgan fingerprint density at radius 3 is 2.79 bits per heavy atom. The summed E-state index contributed by atoms with van der Waals surface area (Å²) in [4.78, 5) is 24.6. The SMILES string of the molecule is CC1C(C(=O)O)CCN1C(=O)NCCC1CCCO1. The number of carboxylic acids is 1. The van der Waals surface area contributed by atoms with Crippen LogP contribution in [0.3, 0.4) is 0 Å². The number of carbonyl (C=O) groups is 2. The fraction of sp³-hybridized carbons (Fsp3) is 0.846. The van der Waals surface area contributed by atoms with Crippen molar-refractivity contribution < 1.29 is 19.4 Å². The number of rotatable bonds is 4. The van der Waals surface area contributed by atoms with Crippen LogP contribution in [0, 0.1) is 5.92 Å². The van der Waals surface area contributed by atoms with Crippen molar-refractivity contribution in [2.45, 2.75) is 44.8 Å². The minimum absolute atomic E-state index is 0.158. The molecule has 3 atom stereocenters. The van der Waals surface area contributed by atoms with Gasteiger partial charge in [-0.1, -0.05) is 0 Å². The molecule has 2 saturated heterocycles. The fourth-order valence-corrected chi connectivity index (χ4v) is 2.87. The van der Waals surface area contributed by atoms with Crippen molar-refractivity contribution in [2.75, 3.05) is 19.7 Å². The van der Waals surface area contributed by atoms with Crippen LogP contribution >= 0.6 is 0 Å². The van der Waals surface area contributed by atoms with Gasteiger partial charge in [0.2, 0.25) is 0 Å². The van der Waals surface area contributed by atoms with E-state index in [1.165, 1.54) is 0 Å². The van der Waals surface area contributed by atoms with Gasteiger partial charge < -0.3 is 20.1 Å². The molecule has 19 heavy (non-hydrogen) atoms. The maximum absolute atomic E-state index is 12.0. The maximum Gasteiger partial charge on any atom is 0.317 e. The highest BCUT2D eigenvalue weighted by Crippen LogP contribution is 2.24. The number of carbonyl (C=O) groups excluding carboxylic acids is 1. The Hall–Kier alpha value is -1.30. The van der Waals surface area contributed by atoms with E-state index in [1.807, 2.05) is 0 Å². The van der Waals surface area contributed by atoms with E-state index in [4.69, 9.17) is 9.84 Å². The lowest BCUT2D eigenvalue weighted by molar-refractivity contribution is -0.142. The first-order valence-electron chi connectivity index (χ1n) is 6.98. The Morgan fingerprint density at radius 1 is 1.42 bits per heavy atom. The van der Waals surface area contributed by atoms with Gasteiger partial charge in [-0.2, -0.15) is 0 Å². The molecule has 2 amide bonds. The van der Waals surface area contributed by atoms with Crippen LogP contribution in [0.15, 0.2) is 0 Å². The molecular formula is C13H22N2O4. The van der Waals surface area contributed by atoms with Crippen LogP contribution < -0.4 is 5.32 Å². The molecule has 0 aromatic heterocycles. The van der Waals surface area contributed by atoms with E-state index in [-0.39, 0.29) is 18.2 Å². The number of amides is 2. The summed E-state index contributed by atoms with van der Waals surface area (Å²) in [5.41, 5.74) is 0. The van der Waals surface area contributed by atoms with Crippen LogP contribution in [-0.2, 0) is 9.53 Å². The van der Waals surface area contributed by atoms with Gasteiger partial charge >= 0.3 is 12.0 Å². The first-order chi connectivity index (χ1) is 9.09.